The van der Waals surface area contributed by atoms with Crippen LogP contribution in [0.25, 0.3) is 0 Å². The van der Waals surface area contributed by atoms with Gasteiger partial charge in [0, 0.05) is 23.7 Å². The Morgan fingerprint density at radius 3 is 2.40 bits per heavy atom. The molecule has 1 rings (SSSR count). The molecule has 0 aliphatic heterocycles. The number of thioether (sulfide) groups is 1. The lowest BCUT2D eigenvalue weighted by atomic mass is 10.2. The van der Waals surface area contributed by atoms with Crippen LogP contribution in [0.15, 0.2) is 29.2 Å². The Kier molecular flexibility index (Phi) is 6.71. The normalized spacial score (nSPS) is 11.0. The summed E-state index contributed by atoms with van der Waals surface area (Å²) in [5, 5.41) is 6.06. The van der Waals surface area contributed by atoms with Crippen LogP contribution in [-0.4, -0.2) is 31.0 Å². The van der Waals surface area contributed by atoms with Crippen LogP contribution in [-0.2, 0) is 4.74 Å². The first-order chi connectivity index (χ1) is 9.40. The van der Waals surface area contributed by atoms with Crippen LogP contribution in [0, 0.1) is 0 Å². The molecule has 1 aromatic carbocycles. The van der Waals surface area contributed by atoms with E-state index >= 15 is 0 Å². The van der Waals surface area contributed by atoms with Crippen LogP contribution >= 0.6 is 11.8 Å². The van der Waals surface area contributed by atoms with E-state index in [0.717, 1.165) is 18.7 Å². The van der Waals surface area contributed by atoms with E-state index < -0.39 is 5.60 Å². The Hall–Kier alpha value is -1.36. The fraction of sp³-hybridized carbons (Fsp3) is 0.533. The lowest BCUT2D eigenvalue weighted by Crippen LogP contribution is -2.33. The molecular weight excluding hydrogens is 272 g/mol. The Morgan fingerprint density at radius 2 is 1.85 bits per heavy atom. The van der Waals surface area contributed by atoms with Gasteiger partial charge in [0.15, 0.2) is 0 Å². The zero-order chi connectivity index (χ0) is 15.0. The number of hydrogen-bond acceptors (Lipinski definition) is 4. The largest absolute Gasteiger partial charge is 0.444 e. The maximum absolute atomic E-state index is 11.4. The third kappa shape index (κ3) is 7.28. The molecule has 0 aromatic heterocycles. The number of amides is 1. The zero-order valence-corrected chi connectivity index (χ0v) is 13.5. The van der Waals surface area contributed by atoms with Crippen LogP contribution in [0.2, 0.25) is 0 Å². The summed E-state index contributed by atoms with van der Waals surface area (Å²) < 4.78 is 5.16. The maximum atomic E-state index is 11.4. The third-order valence-corrected chi connectivity index (χ3v) is 3.18. The summed E-state index contributed by atoms with van der Waals surface area (Å²) in [5.74, 6) is 0. The number of carbonyl (C=O) groups is 1. The standard InChI is InChI=1S/C15H24N2O2S/c1-15(2,3)19-14(18)17-11-5-10-16-12-6-8-13(20-4)9-7-12/h6-9,16H,5,10-11H2,1-4H3,(H,17,18). The van der Waals surface area contributed by atoms with Gasteiger partial charge >= 0.3 is 6.09 Å². The fourth-order valence-electron chi connectivity index (χ4n) is 1.53. The van der Waals surface area contributed by atoms with Gasteiger partial charge in [-0.1, -0.05) is 0 Å². The molecule has 5 heteroatoms. The molecule has 4 nitrogen and oxygen atoms in total. The van der Waals surface area contributed by atoms with Crippen molar-refractivity contribution < 1.29 is 9.53 Å². The molecule has 0 fully saturated rings. The molecule has 0 radical (unpaired) electrons. The molecule has 0 unspecified atom stereocenters. The van der Waals surface area contributed by atoms with Crippen molar-refractivity contribution in [2.45, 2.75) is 37.7 Å². The van der Waals surface area contributed by atoms with Gasteiger partial charge in [0.1, 0.15) is 5.60 Å². The van der Waals surface area contributed by atoms with Gasteiger partial charge in [-0.2, -0.15) is 0 Å². The van der Waals surface area contributed by atoms with Gasteiger partial charge in [0.25, 0.3) is 0 Å². The van der Waals surface area contributed by atoms with E-state index in [0.29, 0.717) is 6.54 Å². The summed E-state index contributed by atoms with van der Waals surface area (Å²) in [5.41, 5.74) is 0.654. The quantitative estimate of drug-likeness (QED) is 0.620. The van der Waals surface area contributed by atoms with E-state index in [1.165, 1.54) is 4.90 Å². The molecule has 0 aliphatic rings. The SMILES string of the molecule is CSc1ccc(NCCCNC(=O)OC(C)(C)C)cc1. The van der Waals surface area contributed by atoms with Crippen LogP contribution < -0.4 is 10.6 Å². The molecular formula is C15H24N2O2S. The highest BCUT2D eigenvalue weighted by Gasteiger charge is 2.15. The van der Waals surface area contributed by atoms with E-state index in [1.807, 2.05) is 20.8 Å². The number of alkyl carbamates (subject to hydrolysis) is 1. The predicted octanol–water partition coefficient (Wildman–Crippen LogP) is 3.74. The average molecular weight is 296 g/mol. The number of nitrogens with one attached hydrogen (secondary N) is 2. The minimum Gasteiger partial charge on any atom is -0.444 e. The van der Waals surface area contributed by atoms with Crippen LogP contribution in [0.5, 0.6) is 0 Å². The Labute approximate surface area is 125 Å². The number of benzene rings is 1. The topological polar surface area (TPSA) is 50.4 Å². The van der Waals surface area contributed by atoms with Crippen LogP contribution in [0.1, 0.15) is 27.2 Å². The monoisotopic (exact) mass is 296 g/mol. The van der Waals surface area contributed by atoms with E-state index in [1.54, 1.807) is 11.8 Å². The lowest BCUT2D eigenvalue weighted by Gasteiger charge is -2.19. The predicted molar refractivity (Wildman–Crippen MR) is 85.6 cm³/mol. The van der Waals surface area contributed by atoms with Gasteiger partial charge in [0.2, 0.25) is 0 Å². The minimum absolute atomic E-state index is 0.359. The molecule has 1 aromatic rings. The third-order valence-electron chi connectivity index (χ3n) is 2.44. The summed E-state index contributed by atoms with van der Waals surface area (Å²) in [6.45, 7) is 6.98. The van der Waals surface area contributed by atoms with Crippen molar-refractivity contribution in [1.29, 1.82) is 0 Å². The molecule has 1 amide bonds. The van der Waals surface area contributed by atoms with Gasteiger partial charge in [-0.3, -0.25) is 0 Å². The number of ether oxygens (including phenoxy) is 1. The van der Waals surface area contributed by atoms with Crippen molar-refractivity contribution in [3.8, 4) is 0 Å². The molecule has 0 bridgehead atoms. The molecule has 0 atom stereocenters. The summed E-state index contributed by atoms with van der Waals surface area (Å²) in [4.78, 5) is 12.7. The highest BCUT2D eigenvalue weighted by atomic mass is 32.2. The van der Waals surface area contributed by atoms with Gasteiger partial charge in [-0.25, -0.2) is 4.79 Å². The Morgan fingerprint density at radius 1 is 1.20 bits per heavy atom. The Balaban J connectivity index is 2.14. The number of rotatable bonds is 6. The smallest absolute Gasteiger partial charge is 0.407 e. The van der Waals surface area contributed by atoms with Crippen molar-refractivity contribution in [2.75, 3.05) is 24.7 Å². The van der Waals surface area contributed by atoms with Crippen molar-refractivity contribution in [3.05, 3.63) is 24.3 Å². The highest BCUT2D eigenvalue weighted by Crippen LogP contribution is 2.17. The first kappa shape index (κ1) is 16.7. The molecule has 112 valence electrons. The van der Waals surface area contributed by atoms with E-state index in [4.69, 9.17) is 4.74 Å². The van der Waals surface area contributed by atoms with Crippen molar-refractivity contribution in [1.82, 2.24) is 5.32 Å². The molecule has 0 heterocycles. The number of anilines is 1. The highest BCUT2D eigenvalue weighted by molar-refractivity contribution is 7.98. The first-order valence-electron chi connectivity index (χ1n) is 6.75. The number of hydrogen-bond donors (Lipinski definition) is 2. The van der Waals surface area contributed by atoms with E-state index in [-0.39, 0.29) is 6.09 Å². The second kappa shape index (κ2) is 8.04. The van der Waals surface area contributed by atoms with Crippen molar-refractivity contribution in [2.24, 2.45) is 0 Å². The van der Waals surface area contributed by atoms with Gasteiger partial charge in [-0.05, 0) is 57.7 Å². The molecule has 0 saturated carbocycles. The molecule has 20 heavy (non-hydrogen) atoms. The van der Waals surface area contributed by atoms with E-state index in [9.17, 15) is 4.79 Å². The average Bonchev–Trinajstić information content (AvgIpc) is 2.37. The minimum atomic E-state index is -0.443. The maximum Gasteiger partial charge on any atom is 0.407 e. The number of carbonyl (C=O) groups excluding carboxylic acids is 1. The Bertz CT molecular complexity index is 413. The summed E-state index contributed by atoms with van der Waals surface area (Å²) in [6, 6.07) is 8.30. The van der Waals surface area contributed by atoms with E-state index in [2.05, 4.69) is 41.2 Å². The second-order valence-corrected chi connectivity index (χ2v) is 6.32. The second-order valence-electron chi connectivity index (χ2n) is 5.44. The zero-order valence-electron chi connectivity index (χ0n) is 12.7. The van der Waals surface area contributed by atoms with Crippen molar-refractivity contribution >= 4 is 23.5 Å². The van der Waals surface area contributed by atoms with Crippen molar-refractivity contribution in [3.63, 3.8) is 0 Å². The molecule has 0 saturated heterocycles. The summed E-state index contributed by atoms with van der Waals surface area (Å²) >= 11 is 1.73. The fourth-order valence-corrected chi connectivity index (χ4v) is 1.94. The van der Waals surface area contributed by atoms with Gasteiger partial charge in [-0.15, -0.1) is 11.8 Å². The lowest BCUT2D eigenvalue weighted by molar-refractivity contribution is 0.0528. The van der Waals surface area contributed by atoms with Crippen LogP contribution in [0.4, 0.5) is 10.5 Å². The molecule has 2 N–H and O–H groups in total. The van der Waals surface area contributed by atoms with Gasteiger partial charge in [0.05, 0.1) is 0 Å². The first-order valence-corrected chi connectivity index (χ1v) is 7.98. The summed E-state index contributed by atoms with van der Waals surface area (Å²) in [7, 11) is 0. The molecule has 0 spiro atoms. The molecule has 0 aliphatic carbocycles. The van der Waals surface area contributed by atoms with Gasteiger partial charge < -0.3 is 15.4 Å². The summed E-state index contributed by atoms with van der Waals surface area (Å²) in [6.07, 6.45) is 2.55. The van der Waals surface area contributed by atoms with Crippen LogP contribution in [0.3, 0.4) is 0 Å².